The molecule has 0 radical (unpaired) electrons. The lowest BCUT2D eigenvalue weighted by atomic mass is 10.1. The van der Waals surface area contributed by atoms with Gasteiger partial charge in [-0.3, -0.25) is 4.79 Å². The summed E-state index contributed by atoms with van der Waals surface area (Å²) in [6, 6.07) is 4.07. The predicted molar refractivity (Wildman–Crippen MR) is 74.9 cm³/mol. The fraction of sp³-hybridized carbons (Fsp3) is 0.500. The highest BCUT2D eigenvalue weighted by Gasteiger charge is 2.18. The van der Waals surface area contributed by atoms with Crippen molar-refractivity contribution in [3.05, 3.63) is 22.9 Å². The Bertz CT molecular complexity index is 519. The summed E-state index contributed by atoms with van der Waals surface area (Å²) in [5.41, 5.74) is 2.34. The number of aryl methyl sites for hydroxylation is 2. The summed E-state index contributed by atoms with van der Waals surface area (Å²) in [6.07, 6.45) is 0. The van der Waals surface area contributed by atoms with E-state index in [4.69, 9.17) is 0 Å². The molecule has 0 aliphatic heterocycles. The molecule has 5 heteroatoms. The fourth-order valence-corrected chi connectivity index (χ4v) is 2.06. The molecule has 0 saturated carbocycles. The Morgan fingerprint density at radius 2 is 2.21 bits per heavy atom. The van der Waals surface area contributed by atoms with E-state index < -0.39 is 0 Å². The second-order valence-corrected chi connectivity index (χ2v) is 4.79. The molecular weight excluding hydrogens is 240 g/mol. The molecule has 19 heavy (non-hydrogen) atoms. The quantitative estimate of drug-likeness (QED) is 0.888. The number of nitriles is 1. The van der Waals surface area contributed by atoms with Crippen LogP contribution in [-0.4, -0.2) is 31.5 Å². The molecule has 1 aromatic rings. The first-order valence-corrected chi connectivity index (χ1v) is 6.21. The van der Waals surface area contributed by atoms with Gasteiger partial charge in [0.15, 0.2) is 0 Å². The van der Waals surface area contributed by atoms with Gasteiger partial charge in [0, 0.05) is 26.3 Å². The van der Waals surface area contributed by atoms with Gasteiger partial charge in [-0.1, -0.05) is 6.92 Å². The zero-order valence-corrected chi connectivity index (χ0v) is 12.1. The first-order chi connectivity index (χ1) is 8.90. The lowest BCUT2D eigenvalue weighted by molar-refractivity contribution is -0.123. The summed E-state index contributed by atoms with van der Waals surface area (Å²) >= 11 is 0. The number of hydrogen-bond donors (Lipinski definition) is 1. The number of anilines is 1. The van der Waals surface area contributed by atoms with Crippen LogP contribution in [0.4, 0.5) is 5.82 Å². The van der Waals surface area contributed by atoms with Crippen molar-refractivity contribution in [2.75, 3.05) is 25.5 Å². The molecule has 0 aliphatic rings. The zero-order chi connectivity index (χ0) is 14.6. The topological polar surface area (TPSA) is 69.0 Å². The fourth-order valence-electron chi connectivity index (χ4n) is 2.06. The average Bonchev–Trinajstić information content (AvgIpc) is 2.36. The Morgan fingerprint density at radius 3 is 2.74 bits per heavy atom. The van der Waals surface area contributed by atoms with E-state index in [1.54, 1.807) is 7.05 Å². The van der Waals surface area contributed by atoms with E-state index in [2.05, 4.69) is 16.4 Å². The SMILES string of the molecule is CNC(=O)C(C)CN(C)c1nc(C)cc(C)c1C#N. The van der Waals surface area contributed by atoms with E-state index in [9.17, 15) is 10.1 Å². The molecule has 5 nitrogen and oxygen atoms in total. The van der Waals surface area contributed by atoms with Crippen LogP contribution in [0, 0.1) is 31.1 Å². The lowest BCUT2D eigenvalue weighted by Crippen LogP contribution is -2.35. The highest BCUT2D eigenvalue weighted by Crippen LogP contribution is 2.21. The molecule has 0 saturated heterocycles. The van der Waals surface area contributed by atoms with Crippen LogP contribution in [0.3, 0.4) is 0 Å². The monoisotopic (exact) mass is 260 g/mol. The van der Waals surface area contributed by atoms with Crippen LogP contribution in [0.1, 0.15) is 23.7 Å². The van der Waals surface area contributed by atoms with Gasteiger partial charge in [-0.05, 0) is 25.5 Å². The van der Waals surface area contributed by atoms with E-state index in [-0.39, 0.29) is 11.8 Å². The minimum absolute atomic E-state index is 0.0188. The van der Waals surface area contributed by atoms with Crippen molar-refractivity contribution in [3.8, 4) is 6.07 Å². The van der Waals surface area contributed by atoms with E-state index in [0.29, 0.717) is 17.9 Å². The van der Waals surface area contributed by atoms with Crippen molar-refractivity contribution in [1.82, 2.24) is 10.3 Å². The van der Waals surface area contributed by atoms with Crippen molar-refractivity contribution < 1.29 is 4.79 Å². The lowest BCUT2D eigenvalue weighted by Gasteiger charge is -2.23. The van der Waals surface area contributed by atoms with Gasteiger partial charge in [-0.25, -0.2) is 4.98 Å². The summed E-state index contributed by atoms with van der Waals surface area (Å²) < 4.78 is 0. The molecule has 1 aromatic heterocycles. The van der Waals surface area contributed by atoms with Gasteiger partial charge in [0.1, 0.15) is 11.9 Å². The zero-order valence-electron chi connectivity index (χ0n) is 12.1. The van der Waals surface area contributed by atoms with Crippen LogP contribution < -0.4 is 10.2 Å². The van der Waals surface area contributed by atoms with Crippen LogP contribution in [0.15, 0.2) is 6.07 Å². The molecule has 1 unspecified atom stereocenters. The number of amides is 1. The van der Waals surface area contributed by atoms with E-state index in [1.165, 1.54) is 0 Å². The summed E-state index contributed by atoms with van der Waals surface area (Å²) in [7, 11) is 3.47. The van der Waals surface area contributed by atoms with Gasteiger partial charge in [0.25, 0.3) is 0 Å². The molecule has 1 amide bonds. The Labute approximate surface area is 114 Å². The molecular formula is C14H20N4O. The molecule has 1 heterocycles. The Hall–Kier alpha value is -2.09. The average molecular weight is 260 g/mol. The summed E-state index contributed by atoms with van der Waals surface area (Å²) in [4.78, 5) is 17.8. The Balaban J connectivity index is 3.03. The van der Waals surface area contributed by atoms with Crippen molar-refractivity contribution in [3.63, 3.8) is 0 Å². The number of pyridine rings is 1. The molecule has 0 aromatic carbocycles. The molecule has 102 valence electrons. The Morgan fingerprint density at radius 1 is 1.58 bits per heavy atom. The first kappa shape index (κ1) is 15.0. The third kappa shape index (κ3) is 3.44. The van der Waals surface area contributed by atoms with Gasteiger partial charge >= 0.3 is 0 Å². The number of aromatic nitrogens is 1. The van der Waals surface area contributed by atoms with E-state index in [0.717, 1.165) is 11.3 Å². The second kappa shape index (κ2) is 6.19. The van der Waals surface area contributed by atoms with E-state index in [1.807, 2.05) is 38.8 Å². The van der Waals surface area contributed by atoms with Crippen molar-refractivity contribution in [1.29, 1.82) is 5.26 Å². The maximum atomic E-state index is 11.5. The molecule has 0 bridgehead atoms. The summed E-state index contributed by atoms with van der Waals surface area (Å²) in [5, 5.41) is 11.9. The molecule has 1 atom stereocenters. The standard InChI is InChI=1S/C14H20N4O/c1-9-6-11(3)17-13(12(9)7-15)18(5)8-10(2)14(19)16-4/h6,10H,8H2,1-5H3,(H,16,19). The number of rotatable bonds is 4. The van der Waals surface area contributed by atoms with Crippen molar-refractivity contribution in [2.45, 2.75) is 20.8 Å². The van der Waals surface area contributed by atoms with E-state index >= 15 is 0 Å². The maximum Gasteiger partial charge on any atom is 0.224 e. The molecule has 1 N–H and O–H groups in total. The first-order valence-electron chi connectivity index (χ1n) is 6.21. The molecule has 0 aliphatic carbocycles. The smallest absolute Gasteiger partial charge is 0.224 e. The minimum atomic E-state index is -0.163. The highest BCUT2D eigenvalue weighted by atomic mass is 16.1. The highest BCUT2D eigenvalue weighted by molar-refractivity contribution is 5.78. The van der Waals surface area contributed by atoms with Crippen molar-refractivity contribution >= 4 is 11.7 Å². The second-order valence-electron chi connectivity index (χ2n) is 4.79. The number of nitrogens with one attached hydrogen (secondary N) is 1. The van der Waals surface area contributed by atoms with Gasteiger partial charge < -0.3 is 10.2 Å². The number of carbonyl (C=O) groups is 1. The summed E-state index contributed by atoms with van der Waals surface area (Å²) in [5.74, 6) is 0.453. The predicted octanol–water partition coefficient (Wildman–Crippen LogP) is 1.39. The summed E-state index contributed by atoms with van der Waals surface area (Å²) in [6.45, 7) is 6.16. The van der Waals surface area contributed by atoms with Crippen LogP contribution >= 0.6 is 0 Å². The van der Waals surface area contributed by atoms with Gasteiger partial charge in [0.05, 0.1) is 11.5 Å². The maximum absolute atomic E-state index is 11.5. The number of carbonyl (C=O) groups excluding carboxylic acids is 1. The van der Waals surface area contributed by atoms with Gasteiger partial charge in [-0.2, -0.15) is 5.26 Å². The van der Waals surface area contributed by atoms with Crippen LogP contribution in [0.5, 0.6) is 0 Å². The molecule has 0 spiro atoms. The van der Waals surface area contributed by atoms with Gasteiger partial charge in [-0.15, -0.1) is 0 Å². The molecule has 1 rings (SSSR count). The van der Waals surface area contributed by atoms with Crippen LogP contribution in [0.2, 0.25) is 0 Å². The Kier molecular flexibility index (Phi) is 4.87. The number of hydrogen-bond acceptors (Lipinski definition) is 4. The third-order valence-corrected chi connectivity index (χ3v) is 3.04. The largest absolute Gasteiger partial charge is 0.359 e. The number of nitrogens with zero attached hydrogens (tertiary/aromatic N) is 3. The molecule has 0 fully saturated rings. The van der Waals surface area contributed by atoms with Gasteiger partial charge in [0.2, 0.25) is 5.91 Å². The normalized spacial score (nSPS) is 11.6. The van der Waals surface area contributed by atoms with Crippen LogP contribution in [0.25, 0.3) is 0 Å². The van der Waals surface area contributed by atoms with Crippen LogP contribution in [-0.2, 0) is 4.79 Å². The van der Waals surface area contributed by atoms with Crippen molar-refractivity contribution in [2.24, 2.45) is 5.92 Å². The third-order valence-electron chi connectivity index (χ3n) is 3.04. The minimum Gasteiger partial charge on any atom is -0.359 e.